The molecule has 0 aliphatic carbocycles. The first-order chi connectivity index (χ1) is 12.7. The number of nitrogens with one attached hydrogen (secondary N) is 1. The number of amides is 1. The second-order valence-electron chi connectivity index (χ2n) is 7.18. The molecule has 4 rings (SSSR count). The second kappa shape index (κ2) is 7.51. The summed E-state index contributed by atoms with van der Waals surface area (Å²) < 4.78 is 6.15. The molecular formula is C20H24N4O2. The molecule has 6 heteroatoms. The van der Waals surface area contributed by atoms with Crippen molar-refractivity contribution in [2.24, 2.45) is 0 Å². The second-order valence-corrected chi connectivity index (χ2v) is 7.18. The lowest BCUT2D eigenvalue weighted by Gasteiger charge is -2.38. The summed E-state index contributed by atoms with van der Waals surface area (Å²) in [7, 11) is 0. The zero-order chi connectivity index (χ0) is 17.8. The number of carbonyl (C=O) groups excluding carboxylic acids is 1. The molecule has 0 radical (unpaired) electrons. The summed E-state index contributed by atoms with van der Waals surface area (Å²) in [5.74, 6) is -0.121. The lowest BCUT2D eigenvalue weighted by molar-refractivity contribution is -0.0451. The maximum absolute atomic E-state index is 12.3. The van der Waals surface area contributed by atoms with Crippen LogP contribution in [0, 0.1) is 0 Å². The number of aromatic nitrogens is 2. The fourth-order valence-corrected chi connectivity index (χ4v) is 3.88. The summed E-state index contributed by atoms with van der Waals surface area (Å²) in [6.07, 6.45) is 6.35. The van der Waals surface area contributed by atoms with Gasteiger partial charge < -0.3 is 10.1 Å². The third-order valence-corrected chi connectivity index (χ3v) is 5.32. The first kappa shape index (κ1) is 17.1. The zero-order valence-electron chi connectivity index (χ0n) is 14.8. The van der Waals surface area contributed by atoms with E-state index in [1.807, 2.05) is 30.5 Å². The highest BCUT2D eigenvalue weighted by atomic mass is 16.5. The smallest absolute Gasteiger partial charge is 0.270 e. The number of pyridine rings is 2. The molecule has 2 aliphatic heterocycles. The van der Waals surface area contributed by atoms with Gasteiger partial charge in [0.05, 0.1) is 23.9 Å². The molecule has 1 amide bonds. The summed E-state index contributed by atoms with van der Waals surface area (Å²) in [6, 6.07) is 11.5. The molecule has 6 nitrogen and oxygen atoms in total. The van der Waals surface area contributed by atoms with Gasteiger partial charge in [-0.15, -0.1) is 0 Å². The van der Waals surface area contributed by atoms with Gasteiger partial charge >= 0.3 is 0 Å². The molecule has 1 spiro atoms. The topological polar surface area (TPSA) is 67.3 Å². The predicted octanol–water partition coefficient (Wildman–Crippen LogP) is 2.03. The van der Waals surface area contributed by atoms with Gasteiger partial charge in [0, 0.05) is 32.0 Å². The van der Waals surface area contributed by atoms with Crippen LogP contribution in [0.15, 0.2) is 48.8 Å². The van der Waals surface area contributed by atoms with Crippen molar-refractivity contribution in [3.05, 3.63) is 60.2 Å². The van der Waals surface area contributed by atoms with Gasteiger partial charge in [-0.3, -0.25) is 19.7 Å². The zero-order valence-corrected chi connectivity index (χ0v) is 14.8. The standard InChI is InChI=1S/C20H24N4O2/c25-19(18-6-2-4-10-22-18)23-17-13-20(26-15-17)7-11-24(12-8-20)14-16-5-1-3-9-21-16/h1-6,9-10,17H,7-8,11-15H2,(H,23,25). The summed E-state index contributed by atoms with van der Waals surface area (Å²) >= 11 is 0. The summed E-state index contributed by atoms with van der Waals surface area (Å²) in [5.41, 5.74) is 1.47. The molecule has 136 valence electrons. The third kappa shape index (κ3) is 3.92. The maximum Gasteiger partial charge on any atom is 0.270 e. The molecular weight excluding hydrogens is 328 g/mol. The van der Waals surface area contributed by atoms with E-state index in [4.69, 9.17) is 4.74 Å². The first-order valence-corrected chi connectivity index (χ1v) is 9.21. The maximum atomic E-state index is 12.3. The van der Waals surface area contributed by atoms with Gasteiger partial charge in [0.25, 0.3) is 5.91 Å². The Morgan fingerprint density at radius 2 is 1.92 bits per heavy atom. The van der Waals surface area contributed by atoms with E-state index >= 15 is 0 Å². The van der Waals surface area contributed by atoms with Crippen molar-refractivity contribution in [1.29, 1.82) is 0 Å². The number of ether oxygens (including phenoxy) is 1. The number of hydrogen-bond donors (Lipinski definition) is 1. The van der Waals surface area contributed by atoms with Crippen molar-refractivity contribution >= 4 is 5.91 Å². The summed E-state index contributed by atoms with van der Waals surface area (Å²) in [4.78, 5) is 23.2. The van der Waals surface area contributed by atoms with Crippen LogP contribution < -0.4 is 5.32 Å². The van der Waals surface area contributed by atoms with Crippen LogP contribution >= 0.6 is 0 Å². The minimum Gasteiger partial charge on any atom is -0.373 e. The molecule has 2 aromatic rings. The van der Waals surface area contributed by atoms with Crippen molar-refractivity contribution < 1.29 is 9.53 Å². The van der Waals surface area contributed by atoms with E-state index in [9.17, 15) is 4.79 Å². The molecule has 0 aromatic carbocycles. The molecule has 2 aromatic heterocycles. The number of rotatable bonds is 4. The fourth-order valence-electron chi connectivity index (χ4n) is 3.88. The van der Waals surface area contributed by atoms with E-state index in [1.165, 1.54) is 0 Å². The van der Waals surface area contributed by atoms with Crippen molar-refractivity contribution in [3.8, 4) is 0 Å². The lowest BCUT2D eigenvalue weighted by Crippen LogP contribution is -2.44. The molecule has 26 heavy (non-hydrogen) atoms. The minimum absolute atomic E-state index is 0.0619. The lowest BCUT2D eigenvalue weighted by atomic mass is 9.87. The van der Waals surface area contributed by atoms with Gasteiger partial charge in [-0.05, 0) is 43.5 Å². The number of nitrogens with zero attached hydrogens (tertiary/aromatic N) is 3. The van der Waals surface area contributed by atoms with E-state index in [2.05, 4.69) is 26.3 Å². The Bertz CT molecular complexity index is 730. The highest BCUT2D eigenvalue weighted by molar-refractivity contribution is 5.92. The highest BCUT2D eigenvalue weighted by Crippen LogP contribution is 2.36. The number of carbonyl (C=O) groups is 1. The summed E-state index contributed by atoms with van der Waals surface area (Å²) in [5, 5.41) is 3.07. The Kier molecular flexibility index (Phi) is 4.95. The average molecular weight is 352 g/mol. The van der Waals surface area contributed by atoms with Gasteiger partial charge in [-0.1, -0.05) is 12.1 Å². The normalized spacial score (nSPS) is 22.4. The van der Waals surface area contributed by atoms with Crippen LogP contribution in [0.2, 0.25) is 0 Å². The molecule has 2 fully saturated rings. The number of likely N-dealkylation sites (tertiary alicyclic amines) is 1. The largest absolute Gasteiger partial charge is 0.373 e. The van der Waals surface area contributed by atoms with E-state index in [0.717, 1.165) is 44.6 Å². The van der Waals surface area contributed by atoms with Crippen LogP contribution in [0.25, 0.3) is 0 Å². The molecule has 2 saturated heterocycles. The molecule has 0 bridgehead atoms. The van der Waals surface area contributed by atoms with E-state index in [0.29, 0.717) is 12.3 Å². The Hall–Kier alpha value is -2.31. The first-order valence-electron chi connectivity index (χ1n) is 9.21. The van der Waals surface area contributed by atoms with Crippen LogP contribution in [0.3, 0.4) is 0 Å². The Labute approximate surface area is 153 Å². The van der Waals surface area contributed by atoms with E-state index in [1.54, 1.807) is 12.3 Å². The van der Waals surface area contributed by atoms with Crippen molar-refractivity contribution in [3.63, 3.8) is 0 Å². The minimum atomic E-state index is -0.121. The monoisotopic (exact) mass is 352 g/mol. The van der Waals surface area contributed by atoms with Gasteiger partial charge in [0.2, 0.25) is 0 Å². The Morgan fingerprint density at radius 3 is 2.62 bits per heavy atom. The van der Waals surface area contributed by atoms with E-state index < -0.39 is 0 Å². The average Bonchev–Trinajstić information content (AvgIpc) is 3.07. The Morgan fingerprint density at radius 1 is 1.15 bits per heavy atom. The molecule has 1 atom stereocenters. The summed E-state index contributed by atoms with van der Waals surface area (Å²) in [6.45, 7) is 3.46. The van der Waals surface area contributed by atoms with Crippen LogP contribution in [-0.4, -0.2) is 52.1 Å². The highest BCUT2D eigenvalue weighted by Gasteiger charge is 2.43. The van der Waals surface area contributed by atoms with Crippen molar-refractivity contribution in [1.82, 2.24) is 20.2 Å². The molecule has 1 unspecified atom stereocenters. The number of hydrogen-bond acceptors (Lipinski definition) is 5. The quantitative estimate of drug-likeness (QED) is 0.912. The fraction of sp³-hybridized carbons (Fsp3) is 0.450. The van der Waals surface area contributed by atoms with Crippen molar-refractivity contribution in [2.75, 3.05) is 19.7 Å². The molecule has 0 saturated carbocycles. The van der Waals surface area contributed by atoms with Gasteiger partial charge in [0.1, 0.15) is 5.69 Å². The Balaban J connectivity index is 1.28. The third-order valence-electron chi connectivity index (χ3n) is 5.32. The molecule has 1 N–H and O–H groups in total. The molecule has 4 heterocycles. The van der Waals surface area contributed by atoms with Crippen LogP contribution in [0.1, 0.15) is 35.4 Å². The van der Waals surface area contributed by atoms with Crippen molar-refractivity contribution in [2.45, 2.75) is 37.5 Å². The van der Waals surface area contributed by atoms with Crippen LogP contribution in [0.5, 0.6) is 0 Å². The van der Waals surface area contributed by atoms with Gasteiger partial charge in [-0.25, -0.2) is 0 Å². The van der Waals surface area contributed by atoms with Crippen LogP contribution in [0.4, 0.5) is 0 Å². The number of piperidine rings is 1. The van der Waals surface area contributed by atoms with Crippen LogP contribution in [-0.2, 0) is 11.3 Å². The molecule has 2 aliphatic rings. The van der Waals surface area contributed by atoms with Gasteiger partial charge in [0.15, 0.2) is 0 Å². The van der Waals surface area contributed by atoms with Gasteiger partial charge in [-0.2, -0.15) is 0 Å². The van der Waals surface area contributed by atoms with E-state index in [-0.39, 0.29) is 17.6 Å². The predicted molar refractivity (Wildman–Crippen MR) is 97.5 cm³/mol. The SMILES string of the molecule is O=C(NC1COC2(CCN(Cc3ccccn3)CC2)C1)c1ccccn1.